The lowest BCUT2D eigenvalue weighted by atomic mass is 10.0. The van der Waals surface area contributed by atoms with Gasteiger partial charge in [0.15, 0.2) is 0 Å². The molecular weight excluding hydrogens is 238 g/mol. The number of piperidine rings is 1. The molecule has 2 aliphatic rings. The SMILES string of the molecule is CC(C)C(CNC(=O)[C@@H]1CCCCN1)N1CCCC1. The second-order valence-corrected chi connectivity index (χ2v) is 6.30. The normalized spacial score (nSPS) is 26.6. The van der Waals surface area contributed by atoms with Crippen molar-refractivity contribution in [2.24, 2.45) is 5.92 Å². The molecule has 2 rings (SSSR count). The Kier molecular flexibility index (Phi) is 5.64. The average Bonchev–Trinajstić information content (AvgIpc) is 2.93. The topological polar surface area (TPSA) is 44.4 Å². The van der Waals surface area contributed by atoms with Crippen molar-refractivity contribution < 1.29 is 4.79 Å². The Morgan fingerprint density at radius 1 is 1.26 bits per heavy atom. The van der Waals surface area contributed by atoms with Gasteiger partial charge in [-0.1, -0.05) is 20.3 Å². The van der Waals surface area contributed by atoms with Crippen molar-refractivity contribution in [2.45, 2.75) is 58.0 Å². The van der Waals surface area contributed by atoms with E-state index in [9.17, 15) is 4.79 Å². The van der Waals surface area contributed by atoms with Crippen molar-refractivity contribution in [3.63, 3.8) is 0 Å². The fourth-order valence-electron chi connectivity index (χ4n) is 3.26. The summed E-state index contributed by atoms with van der Waals surface area (Å²) in [5, 5.41) is 6.48. The van der Waals surface area contributed by atoms with Crippen molar-refractivity contribution in [1.29, 1.82) is 0 Å². The number of carbonyl (C=O) groups excluding carboxylic acids is 1. The van der Waals surface area contributed by atoms with Gasteiger partial charge < -0.3 is 10.6 Å². The number of rotatable bonds is 5. The first-order chi connectivity index (χ1) is 9.18. The van der Waals surface area contributed by atoms with Crippen molar-refractivity contribution in [2.75, 3.05) is 26.2 Å². The van der Waals surface area contributed by atoms with Crippen LogP contribution in [0.2, 0.25) is 0 Å². The van der Waals surface area contributed by atoms with Gasteiger partial charge in [-0.3, -0.25) is 9.69 Å². The molecule has 0 aromatic heterocycles. The van der Waals surface area contributed by atoms with Gasteiger partial charge in [0, 0.05) is 12.6 Å². The summed E-state index contributed by atoms with van der Waals surface area (Å²) in [6, 6.07) is 0.537. The zero-order valence-corrected chi connectivity index (χ0v) is 12.5. The maximum Gasteiger partial charge on any atom is 0.237 e. The first-order valence-electron chi connectivity index (χ1n) is 7.93. The van der Waals surface area contributed by atoms with Crippen LogP contribution in [0, 0.1) is 5.92 Å². The summed E-state index contributed by atoms with van der Waals surface area (Å²) in [5.41, 5.74) is 0. The van der Waals surface area contributed by atoms with Crippen LogP contribution in [-0.2, 0) is 4.79 Å². The average molecular weight is 267 g/mol. The number of likely N-dealkylation sites (tertiary alicyclic amines) is 1. The van der Waals surface area contributed by atoms with Gasteiger partial charge in [-0.15, -0.1) is 0 Å². The first-order valence-corrected chi connectivity index (χ1v) is 7.93. The number of nitrogens with zero attached hydrogens (tertiary/aromatic N) is 1. The van der Waals surface area contributed by atoms with Gasteiger partial charge in [0.25, 0.3) is 0 Å². The fraction of sp³-hybridized carbons (Fsp3) is 0.933. The minimum absolute atomic E-state index is 0.0418. The molecule has 4 heteroatoms. The van der Waals surface area contributed by atoms with Crippen molar-refractivity contribution in [3.8, 4) is 0 Å². The summed E-state index contributed by atoms with van der Waals surface area (Å²) >= 11 is 0. The summed E-state index contributed by atoms with van der Waals surface area (Å²) in [7, 11) is 0. The maximum atomic E-state index is 12.1. The van der Waals surface area contributed by atoms with Gasteiger partial charge in [-0.25, -0.2) is 0 Å². The van der Waals surface area contributed by atoms with E-state index in [-0.39, 0.29) is 11.9 Å². The predicted molar refractivity (Wildman–Crippen MR) is 78.1 cm³/mol. The lowest BCUT2D eigenvalue weighted by molar-refractivity contribution is -0.124. The van der Waals surface area contributed by atoms with Crippen LogP contribution in [0.4, 0.5) is 0 Å². The first kappa shape index (κ1) is 14.8. The van der Waals surface area contributed by atoms with E-state index in [1.165, 1.54) is 38.8 Å². The molecule has 0 aromatic rings. The molecule has 4 nitrogen and oxygen atoms in total. The molecule has 0 saturated carbocycles. The minimum Gasteiger partial charge on any atom is -0.353 e. The van der Waals surface area contributed by atoms with Gasteiger partial charge in [-0.05, 0) is 51.2 Å². The molecule has 2 aliphatic heterocycles. The Balaban J connectivity index is 1.79. The van der Waals surface area contributed by atoms with E-state index in [0.717, 1.165) is 19.5 Å². The summed E-state index contributed by atoms with van der Waals surface area (Å²) in [6.45, 7) is 8.69. The van der Waals surface area contributed by atoms with E-state index >= 15 is 0 Å². The van der Waals surface area contributed by atoms with E-state index in [1.807, 2.05) is 0 Å². The van der Waals surface area contributed by atoms with Crippen LogP contribution < -0.4 is 10.6 Å². The minimum atomic E-state index is 0.0418. The van der Waals surface area contributed by atoms with Crippen LogP contribution in [-0.4, -0.2) is 49.1 Å². The quantitative estimate of drug-likeness (QED) is 0.790. The van der Waals surface area contributed by atoms with E-state index < -0.39 is 0 Å². The summed E-state index contributed by atoms with van der Waals surface area (Å²) in [5.74, 6) is 0.794. The van der Waals surface area contributed by atoms with E-state index in [0.29, 0.717) is 12.0 Å². The Morgan fingerprint density at radius 2 is 2.00 bits per heavy atom. The van der Waals surface area contributed by atoms with Crippen LogP contribution in [0.1, 0.15) is 46.0 Å². The number of nitrogens with one attached hydrogen (secondary N) is 2. The number of hydrogen-bond acceptors (Lipinski definition) is 3. The monoisotopic (exact) mass is 267 g/mol. The molecule has 0 radical (unpaired) electrons. The van der Waals surface area contributed by atoms with Crippen molar-refractivity contribution in [3.05, 3.63) is 0 Å². The van der Waals surface area contributed by atoms with Gasteiger partial charge in [0.05, 0.1) is 6.04 Å². The second-order valence-electron chi connectivity index (χ2n) is 6.30. The molecule has 19 heavy (non-hydrogen) atoms. The van der Waals surface area contributed by atoms with Gasteiger partial charge >= 0.3 is 0 Å². The predicted octanol–water partition coefficient (Wildman–Crippen LogP) is 1.37. The molecule has 0 aromatic carbocycles. The Labute approximate surface area is 117 Å². The molecule has 2 heterocycles. The Bertz CT molecular complexity index is 281. The molecule has 0 bridgehead atoms. The smallest absolute Gasteiger partial charge is 0.237 e. The number of amides is 1. The fourth-order valence-corrected chi connectivity index (χ4v) is 3.26. The summed E-state index contributed by atoms with van der Waals surface area (Å²) in [4.78, 5) is 14.7. The maximum absolute atomic E-state index is 12.1. The highest BCUT2D eigenvalue weighted by molar-refractivity contribution is 5.81. The van der Waals surface area contributed by atoms with Crippen molar-refractivity contribution >= 4 is 5.91 Å². The third-order valence-corrected chi connectivity index (χ3v) is 4.49. The highest BCUT2D eigenvalue weighted by Crippen LogP contribution is 2.17. The number of carbonyl (C=O) groups is 1. The lowest BCUT2D eigenvalue weighted by Gasteiger charge is -2.32. The third kappa shape index (κ3) is 4.18. The Hall–Kier alpha value is -0.610. The summed E-state index contributed by atoms with van der Waals surface area (Å²) in [6.07, 6.45) is 5.97. The van der Waals surface area contributed by atoms with Gasteiger partial charge in [0.2, 0.25) is 5.91 Å². The lowest BCUT2D eigenvalue weighted by Crippen LogP contribution is -2.51. The van der Waals surface area contributed by atoms with Gasteiger partial charge in [0.1, 0.15) is 0 Å². The standard InChI is InChI=1S/C15H29N3O/c1-12(2)14(18-9-5-6-10-18)11-17-15(19)13-7-3-4-8-16-13/h12-14,16H,3-11H2,1-2H3,(H,17,19)/t13-,14?/m0/s1. The molecule has 1 unspecified atom stereocenters. The zero-order chi connectivity index (χ0) is 13.7. The zero-order valence-electron chi connectivity index (χ0n) is 12.5. The van der Waals surface area contributed by atoms with Crippen LogP contribution >= 0.6 is 0 Å². The molecule has 2 N–H and O–H groups in total. The highest BCUT2D eigenvalue weighted by atomic mass is 16.2. The Morgan fingerprint density at radius 3 is 2.58 bits per heavy atom. The van der Waals surface area contributed by atoms with E-state index in [4.69, 9.17) is 0 Å². The van der Waals surface area contributed by atoms with E-state index in [1.54, 1.807) is 0 Å². The van der Waals surface area contributed by atoms with Gasteiger partial charge in [-0.2, -0.15) is 0 Å². The molecule has 0 spiro atoms. The van der Waals surface area contributed by atoms with Crippen LogP contribution in [0.5, 0.6) is 0 Å². The molecule has 2 atom stereocenters. The van der Waals surface area contributed by atoms with Crippen LogP contribution in [0.3, 0.4) is 0 Å². The molecule has 2 fully saturated rings. The highest BCUT2D eigenvalue weighted by Gasteiger charge is 2.26. The van der Waals surface area contributed by atoms with Crippen LogP contribution in [0.25, 0.3) is 0 Å². The second kappa shape index (κ2) is 7.25. The molecule has 2 saturated heterocycles. The molecular formula is C15H29N3O. The molecule has 1 amide bonds. The number of hydrogen-bond donors (Lipinski definition) is 2. The van der Waals surface area contributed by atoms with Crippen molar-refractivity contribution in [1.82, 2.24) is 15.5 Å². The van der Waals surface area contributed by atoms with Crippen LogP contribution in [0.15, 0.2) is 0 Å². The third-order valence-electron chi connectivity index (χ3n) is 4.49. The molecule has 110 valence electrons. The molecule has 0 aliphatic carbocycles. The van der Waals surface area contributed by atoms with E-state index in [2.05, 4.69) is 29.4 Å². The largest absolute Gasteiger partial charge is 0.353 e. The summed E-state index contributed by atoms with van der Waals surface area (Å²) < 4.78 is 0.